The van der Waals surface area contributed by atoms with Crippen LogP contribution in [0.1, 0.15) is 22.5 Å². The number of carbonyl (C=O) groups is 1. The zero-order valence-corrected chi connectivity index (χ0v) is 14.8. The third-order valence-corrected chi connectivity index (χ3v) is 4.90. The largest absolute Gasteiger partial charge is 0.335 e. The van der Waals surface area contributed by atoms with Crippen LogP contribution in [0.2, 0.25) is 0 Å². The molecule has 0 unspecified atom stereocenters. The average molecular weight is 354 g/mol. The molecule has 1 atom stereocenters. The van der Waals surface area contributed by atoms with Crippen LogP contribution in [0.4, 0.5) is 8.78 Å². The Hall–Kier alpha value is -1.80. The van der Waals surface area contributed by atoms with Crippen molar-refractivity contribution >= 4 is 5.91 Å². The molecule has 2 aliphatic rings. The number of carbonyl (C=O) groups excluding carboxylic acids is 1. The first-order valence-corrected chi connectivity index (χ1v) is 8.44. The highest BCUT2D eigenvalue weighted by molar-refractivity contribution is 5.94. The Morgan fingerprint density at radius 2 is 2.04 bits per heavy atom. The van der Waals surface area contributed by atoms with E-state index in [4.69, 9.17) is 0 Å². The first kappa shape index (κ1) is 18.0. The van der Waals surface area contributed by atoms with E-state index in [2.05, 4.69) is 4.98 Å². The Morgan fingerprint density at radius 1 is 1.36 bits per heavy atom. The molecule has 2 fully saturated rings. The zero-order valence-electron chi connectivity index (χ0n) is 14.8. The minimum absolute atomic E-state index is 0.0770. The molecule has 138 valence electrons. The van der Waals surface area contributed by atoms with Gasteiger partial charge >= 0.3 is 0 Å². The summed E-state index contributed by atoms with van der Waals surface area (Å²) in [6.07, 6.45) is -0.146. The normalized spacial score (nSPS) is 23.9. The number of rotatable bonds is 4. The maximum Gasteiger partial charge on any atom is 0.262 e. The summed E-state index contributed by atoms with van der Waals surface area (Å²) in [5, 5.41) is 0. The van der Waals surface area contributed by atoms with E-state index in [1.165, 1.54) is 6.07 Å². The van der Waals surface area contributed by atoms with Crippen molar-refractivity contribution in [1.82, 2.24) is 19.7 Å². The van der Waals surface area contributed by atoms with E-state index in [1.54, 1.807) is 17.9 Å². The summed E-state index contributed by atoms with van der Waals surface area (Å²) in [5.41, 5.74) is 0.376. The maximum atomic E-state index is 13.8. The molecule has 1 N–H and O–H groups in total. The molecule has 0 aromatic carbocycles. The number of nitrogens with one attached hydrogen (secondary N) is 1. The van der Waals surface area contributed by atoms with Gasteiger partial charge in [-0.05, 0) is 33.2 Å². The van der Waals surface area contributed by atoms with Gasteiger partial charge in [0.2, 0.25) is 0 Å². The van der Waals surface area contributed by atoms with E-state index >= 15 is 0 Å². The van der Waals surface area contributed by atoms with Crippen LogP contribution >= 0.6 is 0 Å². The van der Waals surface area contributed by atoms with Crippen LogP contribution in [0, 0.1) is 6.92 Å². The van der Waals surface area contributed by atoms with Gasteiger partial charge in [-0.25, -0.2) is 8.78 Å². The first-order valence-electron chi connectivity index (χ1n) is 8.44. The van der Waals surface area contributed by atoms with Gasteiger partial charge in [0.1, 0.15) is 5.56 Å². The maximum absolute atomic E-state index is 13.8. The molecule has 0 aliphatic carbocycles. The average Bonchev–Trinajstić information content (AvgIpc) is 2.70. The number of hydrogen-bond acceptors (Lipinski definition) is 4. The molecule has 1 amide bonds. The van der Waals surface area contributed by atoms with Gasteiger partial charge in [0, 0.05) is 43.8 Å². The third kappa shape index (κ3) is 3.74. The summed E-state index contributed by atoms with van der Waals surface area (Å²) < 4.78 is 27.7. The fourth-order valence-corrected chi connectivity index (χ4v) is 3.68. The monoisotopic (exact) mass is 354 g/mol. The fraction of sp³-hybridized carbons (Fsp3) is 0.647. The van der Waals surface area contributed by atoms with Gasteiger partial charge in [0.25, 0.3) is 17.4 Å². The van der Waals surface area contributed by atoms with Crippen molar-refractivity contribution in [1.29, 1.82) is 0 Å². The molecule has 0 bridgehead atoms. The van der Waals surface area contributed by atoms with Gasteiger partial charge in [-0.1, -0.05) is 0 Å². The molecule has 6 nitrogen and oxygen atoms in total. The molecular weight excluding hydrogens is 330 g/mol. The lowest BCUT2D eigenvalue weighted by molar-refractivity contribution is -0.0115. The molecule has 0 radical (unpaired) electrons. The summed E-state index contributed by atoms with van der Waals surface area (Å²) in [5.74, 6) is -3.02. The van der Waals surface area contributed by atoms with Gasteiger partial charge in [-0.2, -0.15) is 0 Å². The Labute approximate surface area is 145 Å². The summed E-state index contributed by atoms with van der Waals surface area (Å²) in [6.45, 7) is 2.81. The molecule has 2 aliphatic heterocycles. The first-order chi connectivity index (χ1) is 11.7. The number of H-pyrrole nitrogens is 1. The predicted octanol–water partition coefficient (Wildman–Crippen LogP) is 0.779. The topological polar surface area (TPSA) is 59.7 Å². The minimum atomic E-state index is -2.68. The van der Waals surface area contributed by atoms with E-state index in [-0.39, 0.29) is 36.5 Å². The van der Waals surface area contributed by atoms with Crippen molar-refractivity contribution in [2.24, 2.45) is 0 Å². The summed E-state index contributed by atoms with van der Waals surface area (Å²) in [4.78, 5) is 32.2. The van der Waals surface area contributed by atoms with Crippen LogP contribution in [-0.4, -0.2) is 83.9 Å². The van der Waals surface area contributed by atoms with E-state index in [0.717, 1.165) is 0 Å². The predicted molar refractivity (Wildman–Crippen MR) is 90.1 cm³/mol. The zero-order chi connectivity index (χ0) is 18.4. The number of pyridine rings is 1. The van der Waals surface area contributed by atoms with Crippen LogP contribution in [0.25, 0.3) is 0 Å². The van der Waals surface area contributed by atoms with Crippen molar-refractivity contribution in [3.8, 4) is 0 Å². The molecule has 1 aromatic heterocycles. The Bertz CT molecular complexity index is 713. The summed E-state index contributed by atoms with van der Waals surface area (Å²) in [6, 6.07) is 2.91. The second-order valence-corrected chi connectivity index (χ2v) is 7.40. The molecule has 0 saturated carbocycles. The number of amides is 1. The highest BCUT2D eigenvalue weighted by Gasteiger charge is 2.50. The van der Waals surface area contributed by atoms with Crippen LogP contribution in [0.3, 0.4) is 0 Å². The second kappa shape index (κ2) is 6.49. The van der Waals surface area contributed by atoms with Crippen molar-refractivity contribution in [2.75, 3.05) is 40.3 Å². The molecule has 0 spiro atoms. The Morgan fingerprint density at radius 3 is 2.64 bits per heavy atom. The summed E-state index contributed by atoms with van der Waals surface area (Å²) >= 11 is 0. The van der Waals surface area contributed by atoms with E-state index in [9.17, 15) is 18.4 Å². The smallest absolute Gasteiger partial charge is 0.262 e. The fourth-order valence-electron chi connectivity index (χ4n) is 3.68. The quantitative estimate of drug-likeness (QED) is 0.868. The van der Waals surface area contributed by atoms with E-state index in [1.807, 2.05) is 23.9 Å². The molecule has 1 aromatic rings. The van der Waals surface area contributed by atoms with Gasteiger partial charge in [-0.15, -0.1) is 0 Å². The van der Waals surface area contributed by atoms with Crippen LogP contribution in [0.15, 0.2) is 16.9 Å². The van der Waals surface area contributed by atoms with Gasteiger partial charge < -0.3 is 14.8 Å². The number of likely N-dealkylation sites (N-methyl/N-ethyl adjacent to an activating group) is 1. The van der Waals surface area contributed by atoms with Crippen LogP contribution in [0.5, 0.6) is 0 Å². The number of aryl methyl sites for hydroxylation is 1. The Kier molecular flexibility index (Phi) is 4.68. The van der Waals surface area contributed by atoms with E-state index < -0.39 is 11.5 Å². The number of likely N-dealkylation sites (tertiary alicyclic amines) is 2. The highest BCUT2D eigenvalue weighted by Crippen LogP contribution is 2.35. The highest BCUT2D eigenvalue weighted by atomic mass is 19.3. The van der Waals surface area contributed by atoms with Crippen molar-refractivity contribution in [2.45, 2.75) is 31.4 Å². The lowest BCUT2D eigenvalue weighted by Gasteiger charge is -2.46. The SMILES string of the molecule is Cc1ccc(C(=O)N2CC(N3CC(F)(F)C[C@H]3CN(C)C)C2)c(=O)[nH]1. The van der Waals surface area contributed by atoms with Crippen LogP contribution in [-0.2, 0) is 0 Å². The van der Waals surface area contributed by atoms with Crippen molar-refractivity contribution in [3.05, 3.63) is 33.7 Å². The number of nitrogens with zero attached hydrogens (tertiary/aromatic N) is 3. The number of hydrogen-bond donors (Lipinski definition) is 1. The minimum Gasteiger partial charge on any atom is -0.335 e. The molecule has 25 heavy (non-hydrogen) atoms. The number of halogens is 2. The van der Waals surface area contributed by atoms with Crippen molar-refractivity contribution < 1.29 is 13.6 Å². The number of alkyl halides is 2. The molecular formula is C17H24F2N4O2. The summed E-state index contributed by atoms with van der Waals surface area (Å²) in [7, 11) is 3.74. The third-order valence-electron chi connectivity index (χ3n) is 4.90. The van der Waals surface area contributed by atoms with E-state index in [0.29, 0.717) is 25.3 Å². The van der Waals surface area contributed by atoms with Gasteiger partial charge in [0.15, 0.2) is 0 Å². The molecule has 3 rings (SSSR count). The van der Waals surface area contributed by atoms with Crippen LogP contribution < -0.4 is 5.56 Å². The lowest BCUT2D eigenvalue weighted by atomic mass is 10.0. The molecule has 8 heteroatoms. The lowest BCUT2D eigenvalue weighted by Crippen LogP contribution is -2.63. The van der Waals surface area contributed by atoms with Gasteiger partial charge in [0.05, 0.1) is 6.54 Å². The number of aromatic amines is 1. The van der Waals surface area contributed by atoms with Gasteiger partial charge in [-0.3, -0.25) is 14.5 Å². The second-order valence-electron chi connectivity index (χ2n) is 7.40. The molecule has 2 saturated heterocycles. The van der Waals surface area contributed by atoms with Crippen molar-refractivity contribution in [3.63, 3.8) is 0 Å². The molecule has 3 heterocycles. The Balaban J connectivity index is 1.65. The standard InChI is InChI=1S/C17H24F2N4O2/c1-11-4-5-14(15(24)20-11)16(25)22-8-13(9-22)23-10-17(18,19)6-12(23)7-21(2)3/h4-5,12-13H,6-10H2,1-3H3,(H,20,24)/t12-/m0/s1. The number of aromatic nitrogens is 1.